The number of carbonyl (C=O) groups is 1. The summed E-state index contributed by atoms with van der Waals surface area (Å²) in [4.78, 5) is 16.0. The molecule has 0 aliphatic carbocycles. The summed E-state index contributed by atoms with van der Waals surface area (Å²) in [5.41, 5.74) is 1.70. The molecule has 0 bridgehead atoms. The Morgan fingerprint density at radius 1 is 1.43 bits per heavy atom. The van der Waals surface area contributed by atoms with E-state index in [9.17, 15) is 9.90 Å². The number of benzene rings is 1. The zero-order valence-electron chi connectivity index (χ0n) is 16.6. The number of hydrogen-bond donors (Lipinski definition) is 2. The SMILES string of the molecule is C=CCC(NC(=O)O)c1nc(-c2ccccc2Br)cn1COCC[Si](C)(C)C. The van der Waals surface area contributed by atoms with Crippen molar-refractivity contribution in [2.75, 3.05) is 6.61 Å². The molecular weight excluding hydrogens is 438 g/mol. The van der Waals surface area contributed by atoms with Crippen molar-refractivity contribution in [1.29, 1.82) is 0 Å². The van der Waals surface area contributed by atoms with Crippen molar-refractivity contribution in [3.63, 3.8) is 0 Å². The first-order chi connectivity index (χ1) is 13.2. The lowest BCUT2D eigenvalue weighted by molar-refractivity contribution is 0.0837. The van der Waals surface area contributed by atoms with Crippen LogP contribution in [0.25, 0.3) is 11.3 Å². The number of amides is 1. The molecule has 2 aromatic rings. The van der Waals surface area contributed by atoms with Crippen LogP contribution in [0.3, 0.4) is 0 Å². The molecular formula is C20H28BrN3O3Si. The summed E-state index contributed by atoms with van der Waals surface area (Å²) in [5.74, 6) is 0.612. The van der Waals surface area contributed by atoms with Gasteiger partial charge in [-0.3, -0.25) is 0 Å². The van der Waals surface area contributed by atoms with Crippen LogP contribution in [0.2, 0.25) is 25.7 Å². The predicted octanol–water partition coefficient (Wildman–Crippen LogP) is 5.51. The van der Waals surface area contributed by atoms with E-state index in [0.29, 0.717) is 25.6 Å². The largest absolute Gasteiger partial charge is 0.465 e. The minimum atomic E-state index is -1.18. The zero-order chi connectivity index (χ0) is 20.7. The Morgan fingerprint density at radius 3 is 2.75 bits per heavy atom. The van der Waals surface area contributed by atoms with Gasteiger partial charge in [0.2, 0.25) is 0 Å². The van der Waals surface area contributed by atoms with Gasteiger partial charge >= 0.3 is 6.09 Å². The lowest BCUT2D eigenvalue weighted by atomic mass is 10.2. The Hall–Kier alpha value is -1.90. The highest BCUT2D eigenvalue weighted by Crippen LogP contribution is 2.29. The minimum absolute atomic E-state index is 0.326. The van der Waals surface area contributed by atoms with E-state index in [0.717, 1.165) is 21.8 Å². The van der Waals surface area contributed by atoms with E-state index in [1.165, 1.54) is 0 Å². The summed E-state index contributed by atoms with van der Waals surface area (Å²) in [7, 11) is -1.18. The Bertz CT molecular complexity index is 817. The molecule has 0 aliphatic heterocycles. The molecule has 1 amide bonds. The Labute approximate surface area is 175 Å². The van der Waals surface area contributed by atoms with Crippen molar-refractivity contribution in [3.8, 4) is 11.3 Å². The first kappa shape index (κ1) is 22.4. The molecule has 8 heteroatoms. The van der Waals surface area contributed by atoms with E-state index in [1.807, 2.05) is 35.0 Å². The van der Waals surface area contributed by atoms with Gasteiger partial charge in [0.15, 0.2) is 0 Å². The normalized spacial score (nSPS) is 12.6. The van der Waals surface area contributed by atoms with Gasteiger partial charge in [-0.2, -0.15) is 0 Å². The van der Waals surface area contributed by atoms with E-state index in [4.69, 9.17) is 9.72 Å². The van der Waals surface area contributed by atoms with Crippen LogP contribution in [-0.4, -0.2) is 35.4 Å². The van der Waals surface area contributed by atoms with Crippen LogP contribution < -0.4 is 5.32 Å². The molecule has 152 valence electrons. The van der Waals surface area contributed by atoms with Crippen molar-refractivity contribution in [2.24, 2.45) is 0 Å². The number of carboxylic acid groups (broad SMARTS) is 1. The molecule has 1 atom stereocenters. The molecule has 0 saturated heterocycles. The molecule has 0 saturated carbocycles. The second-order valence-electron chi connectivity index (χ2n) is 7.81. The van der Waals surface area contributed by atoms with Crippen LogP contribution in [0, 0.1) is 0 Å². The van der Waals surface area contributed by atoms with E-state index in [2.05, 4.69) is 47.5 Å². The highest BCUT2D eigenvalue weighted by molar-refractivity contribution is 9.10. The van der Waals surface area contributed by atoms with Crippen LogP contribution in [0.4, 0.5) is 4.79 Å². The number of nitrogens with one attached hydrogen (secondary N) is 1. The maximum absolute atomic E-state index is 11.3. The van der Waals surface area contributed by atoms with E-state index < -0.39 is 20.2 Å². The molecule has 1 aromatic carbocycles. The molecule has 0 aliphatic rings. The zero-order valence-corrected chi connectivity index (χ0v) is 19.2. The summed E-state index contributed by atoms with van der Waals surface area (Å²) < 4.78 is 8.70. The molecule has 0 fully saturated rings. The third-order valence-corrected chi connectivity index (χ3v) is 6.59. The van der Waals surface area contributed by atoms with E-state index in [1.54, 1.807) is 6.08 Å². The number of rotatable bonds is 10. The van der Waals surface area contributed by atoms with Crippen LogP contribution in [0.15, 0.2) is 47.6 Å². The molecule has 28 heavy (non-hydrogen) atoms. The summed E-state index contributed by atoms with van der Waals surface area (Å²) in [6.07, 6.45) is 2.93. The molecule has 0 spiro atoms. The van der Waals surface area contributed by atoms with Gasteiger partial charge in [0, 0.05) is 30.9 Å². The van der Waals surface area contributed by atoms with Crippen molar-refractivity contribution in [3.05, 3.63) is 53.4 Å². The van der Waals surface area contributed by atoms with E-state index in [-0.39, 0.29) is 0 Å². The topological polar surface area (TPSA) is 76.4 Å². The second kappa shape index (κ2) is 10.0. The van der Waals surface area contributed by atoms with Crippen molar-refractivity contribution >= 4 is 30.1 Å². The molecule has 6 nitrogen and oxygen atoms in total. The Morgan fingerprint density at radius 2 is 2.14 bits per heavy atom. The van der Waals surface area contributed by atoms with Crippen molar-refractivity contribution in [1.82, 2.24) is 14.9 Å². The summed E-state index contributed by atoms with van der Waals surface area (Å²) in [6.45, 7) is 11.7. The van der Waals surface area contributed by atoms with Gasteiger partial charge in [-0.05, 0) is 18.5 Å². The van der Waals surface area contributed by atoms with Gasteiger partial charge in [0.05, 0.1) is 11.7 Å². The fourth-order valence-corrected chi connectivity index (χ4v) is 3.94. The third kappa shape index (κ3) is 6.61. The number of nitrogens with zero attached hydrogens (tertiary/aromatic N) is 2. The van der Waals surface area contributed by atoms with Gasteiger partial charge in [-0.15, -0.1) is 6.58 Å². The lowest BCUT2D eigenvalue weighted by Gasteiger charge is -2.18. The van der Waals surface area contributed by atoms with Gasteiger partial charge in [-0.1, -0.05) is 59.8 Å². The first-order valence-electron chi connectivity index (χ1n) is 9.21. The summed E-state index contributed by atoms with van der Waals surface area (Å²) in [6, 6.07) is 8.39. The van der Waals surface area contributed by atoms with Gasteiger partial charge < -0.3 is 19.7 Å². The molecule has 2 N–H and O–H groups in total. The second-order valence-corrected chi connectivity index (χ2v) is 14.3. The number of halogens is 1. The fourth-order valence-electron chi connectivity index (χ4n) is 2.70. The number of aromatic nitrogens is 2. The van der Waals surface area contributed by atoms with Crippen molar-refractivity contribution < 1.29 is 14.6 Å². The monoisotopic (exact) mass is 465 g/mol. The highest BCUT2D eigenvalue weighted by atomic mass is 79.9. The average Bonchev–Trinajstić information content (AvgIpc) is 3.01. The molecule has 1 aromatic heterocycles. The molecule has 1 heterocycles. The standard InChI is InChI=1S/C20H28BrN3O3Si/c1-5-8-17(23-20(25)26)19-22-18(15-9-6-7-10-16(15)21)13-24(19)14-27-11-12-28(2,3)4/h5-7,9-10,13,17,23H,1,8,11-12,14H2,2-4H3,(H,25,26). The maximum Gasteiger partial charge on any atom is 0.405 e. The van der Waals surface area contributed by atoms with Gasteiger partial charge in [-0.25, -0.2) is 9.78 Å². The third-order valence-electron chi connectivity index (χ3n) is 4.20. The lowest BCUT2D eigenvalue weighted by Crippen LogP contribution is -2.29. The Kier molecular flexibility index (Phi) is 8.03. The molecule has 0 radical (unpaired) electrons. The maximum atomic E-state index is 11.3. The quantitative estimate of drug-likeness (QED) is 0.275. The van der Waals surface area contributed by atoms with Crippen LogP contribution >= 0.6 is 15.9 Å². The minimum Gasteiger partial charge on any atom is -0.465 e. The average molecular weight is 466 g/mol. The van der Waals surface area contributed by atoms with Gasteiger partial charge in [0.1, 0.15) is 12.6 Å². The summed E-state index contributed by atoms with van der Waals surface area (Å²) >= 11 is 3.56. The van der Waals surface area contributed by atoms with Gasteiger partial charge in [0.25, 0.3) is 0 Å². The number of hydrogen-bond acceptors (Lipinski definition) is 3. The smallest absolute Gasteiger partial charge is 0.405 e. The summed E-state index contributed by atoms with van der Waals surface area (Å²) in [5, 5.41) is 11.8. The van der Waals surface area contributed by atoms with Crippen LogP contribution in [0.1, 0.15) is 18.3 Å². The molecule has 2 rings (SSSR count). The van der Waals surface area contributed by atoms with E-state index >= 15 is 0 Å². The van der Waals surface area contributed by atoms with Crippen LogP contribution in [-0.2, 0) is 11.5 Å². The molecule has 1 unspecified atom stereocenters. The first-order valence-corrected chi connectivity index (χ1v) is 13.7. The fraction of sp³-hybridized carbons (Fsp3) is 0.400. The van der Waals surface area contributed by atoms with Crippen molar-refractivity contribution in [2.45, 2.75) is 44.9 Å². The number of imidazole rings is 1. The predicted molar refractivity (Wildman–Crippen MR) is 118 cm³/mol. The number of ether oxygens (including phenoxy) is 1. The highest BCUT2D eigenvalue weighted by Gasteiger charge is 2.21. The van der Waals surface area contributed by atoms with Crippen LogP contribution in [0.5, 0.6) is 0 Å². The Balaban J connectivity index is 2.32.